The molecule has 1 saturated heterocycles. The van der Waals surface area contributed by atoms with E-state index in [1.165, 1.54) is 12.8 Å². The largest absolute Gasteiger partial charge is 0.496 e. The van der Waals surface area contributed by atoms with Crippen molar-refractivity contribution in [3.05, 3.63) is 29.3 Å². The van der Waals surface area contributed by atoms with E-state index in [4.69, 9.17) is 15.2 Å². The molecule has 0 amide bonds. The first-order valence-corrected chi connectivity index (χ1v) is 6.49. The van der Waals surface area contributed by atoms with Gasteiger partial charge in [-0.15, -0.1) is 0 Å². The van der Waals surface area contributed by atoms with Crippen molar-refractivity contribution in [1.82, 2.24) is 4.90 Å². The smallest absolute Gasteiger partial charge is 0.124 e. The van der Waals surface area contributed by atoms with Gasteiger partial charge in [0.15, 0.2) is 0 Å². The van der Waals surface area contributed by atoms with E-state index in [2.05, 4.69) is 11.0 Å². The maximum Gasteiger partial charge on any atom is 0.124 e. The van der Waals surface area contributed by atoms with Crippen molar-refractivity contribution in [3.8, 4) is 5.75 Å². The maximum atomic E-state index is 5.75. The van der Waals surface area contributed by atoms with Gasteiger partial charge in [0.05, 0.1) is 20.4 Å². The lowest BCUT2D eigenvalue weighted by Gasteiger charge is -2.16. The summed E-state index contributed by atoms with van der Waals surface area (Å²) in [5.41, 5.74) is 7.82. The molecule has 1 aromatic rings. The van der Waals surface area contributed by atoms with Crippen LogP contribution in [-0.4, -0.2) is 31.8 Å². The van der Waals surface area contributed by atoms with Gasteiger partial charge in [-0.25, -0.2) is 0 Å². The Morgan fingerprint density at radius 2 is 2.06 bits per heavy atom. The number of hydrogen-bond donors (Lipinski definition) is 1. The number of likely N-dealkylation sites (tertiary alicyclic amines) is 1. The van der Waals surface area contributed by atoms with Crippen molar-refractivity contribution in [3.63, 3.8) is 0 Å². The average Bonchev–Trinajstić information content (AvgIpc) is 2.92. The van der Waals surface area contributed by atoms with Gasteiger partial charge in [-0.3, -0.25) is 4.90 Å². The molecule has 1 fully saturated rings. The van der Waals surface area contributed by atoms with Crippen molar-refractivity contribution in [2.24, 2.45) is 5.73 Å². The highest BCUT2D eigenvalue weighted by molar-refractivity contribution is 5.36. The molecular weight excluding hydrogens is 228 g/mol. The molecule has 1 heterocycles. The van der Waals surface area contributed by atoms with Crippen LogP contribution in [0.25, 0.3) is 0 Å². The zero-order valence-corrected chi connectivity index (χ0v) is 11.0. The molecule has 2 rings (SSSR count). The Labute approximate surface area is 109 Å². The lowest BCUT2D eigenvalue weighted by atomic mass is 10.1. The molecule has 0 spiro atoms. The quantitative estimate of drug-likeness (QED) is 0.835. The minimum absolute atomic E-state index is 0.545. The number of benzene rings is 1. The van der Waals surface area contributed by atoms with Crippen LogP contribution in [0.5, 0.6) is 5.75 Å². The Kier molecular flexibility index (Phi) is 4.99. The van der Waals surface area contributed by atoms with Gasteiger partial charge in [-0.2, -0.15) is 0 Å². The normalized spacial score (nSPS) is 16.1. The third-order valence-electron chi connectivity index (χ3n) is 3.31. The molecule has 1 aliphatic heterocycles. The predicted octanol–water partition coefficient (Wildman–Crippen LogP) is 1.72. The number of rotatable bonds is 6. The summed E-state index contributed by atoms with van der Waals surface area (Å²) in [7, 11) is 1.68. The minimum Gasteiger partial charge on any atom is -0.496 e. The van der Waals surface area contributed by atoms with Crippen molar-refractivity contribution >= 4 is 0 Å². The molecule has 1 aliphatic rings. The Balaban J connectivity index is 1.89. The lowest BCUT2D eigenvalue weighted by molar-refractivity contribution is 0.0303. The van der Waals surface area contributed by atoms with E-state index in [0.29, 0.717) is 19.9 Å². The van der Waals surface area contributed by atoms with Gasteiger partial charge in [-0.05, 0) is 30.5 Å². The second-order valence-electron chi connectivity index (χ2n) is 4.65. The highest BCUT2D eigenvalue weighted by atomic mass is 16.5. The molecule has 0 bridgehead atoms. The van der Waals surface area contributed by atoms with Gasteiger partial charge in [0.2, 0.25) is 0 Å². The summed E-state index contributed by atoms with van der Waals surface area (Å²) in [6.45, 7) is 4.13. The molecule has 0 aromatic heterocycles. The molecule has 0 atom stereocenters. The molecule has 4 nitrogen and oxygen atoms in total. The van der Waals surface area contributed by atoms with Gasteiger partial charge in [0.1, 0.15) is 5.75 Å². The third-order valence-corrected chi connectivity index (χ3v) is 3.31. The van der Waals surface area contributed by atoms with Crippen LogP contribution >= 0.6 is 0 Å². The molecular formula is C14H22N2O2. The number of nitrogens with two attached hydrogens (primary N) is 1. The Hall–Kier alpha value is -1.10. The van der Waals surface area contributed by atoms with Gasteiger partial charge in [0.25, 0.3) is 0 Å². The highest BCUT2D eigenvalue weighted by Gasteiger charge is 2.11. The van der Waals surface area contributed by atoms with E-state index >= 15 is 0 Å². The van der Waals surface area contributed by atoms with Crippen LogP contribution < -0.4 is 10.5 Å². The summed E-state index contributed by atoms with van der Waals surface area (Å²) in [5, 5.41) is 0. The second-order valence-corrected chi connectivity index (χ2v) is 4.65. The molecule has 0 radical (unpaired) electrons. The Bertz CT molecular complexity index is 376. The third kappa shape index (κ3) is 3.45. The van der Waals surface area contributed by atoms with Crippen LogP contribution in [0, 0.1) is 0 Å². The highest BCUT2D eigenvalue weighted by Crippen LogP contribution is 2.21. The van der Waals surface area contributed by atoms with Crippen molar-refractivity contribution < 1.29 is 9.47 Å². The van der Waals surface area contributed by atoms with Crippen LogP contribution in [0.4, 0.5) is 0 Å². The topological polar surface area (TPSA) is 47.7 Å². The molecule has 0 saturated carbocycles. The molecule has 1 aromatic carbocycles. The first-order valence-electron chi connectivity index (χ1n) is 6.49. The van der Waals surface area contributed by atoms with Crippen LogP contribution in [0.15, 0.2) is 18.2 Å². The van der Waals surface area contributed by atoms with Gasteiger partial charge < -0.3 is 15.2 Å². The molecule has 4 heteroatoms. The standard InChI is InChI=1S/C14H22N2O2/c1-17-14-5-4-12(9-15)8-13(14)10-18-11-16-6-2-3-7-16/h4-5,8H,2-3,6-7,9-11,15H2,1H3. The summed E-state index contributed by atoms with van der Waals surface area (Å²) in [6.07, 6.45) is 2.57. The zero-order chi connectivity index (χ0) is 12.8. The average molecular weight is 250 g/mol. The molecule has 2 N–H and O–H groups in total. The van der Waals surface area contributed by atoms with Crippen LogP contribution in [0.1, 0.15) is 24.0 Å². The summed E-state index contributed by atoms with van der Waals surface area (Å²) < 4.78 is 11.1. The molecule has 0 unspecified atom stereocenters. The van der Waals surface area contributed by atoms with E-state index in [-0.39, 0.29) is 0 Å². The Morgan fingerprint density at radius 1 is 1.28 bits per heavy atom. The summed E-state index contributed by atoms with van der Waals surface area (Å²) in [4.78, 5) is 2.33. The fourth-order valence-electron chi connectivity index (χ4n) is 2.27. The Morgan fingerprint density at radius 3 is 2.72 bits per heavy atom. The predicted molar refractivity (Wildman–Crippen MR) is 71.3 cm³/mol. The van der Waals surface area contributed by atoms with Crippen LogP contribution in [0.2, 0.25) is 0 Å². The van der Waals surface area contributed by atoms with E-state index in [1.54, 1.807) is 7.11 Å². The number of hydrogen-bond acceptors (Lipinski definition) is 4. The van der Waals surface area contributed by atoms with E-state index in [0.717, 1.165) is 30.0 Å². The molecule has 100 valence electrons. The van der Waals surface area contributed by atoms with Crippen LogP contribution in [-0.2, 0) is 17.9 Å². The van der Waals surface area contributed by atoms with E-state index in [9.17, 15) is 0 Å². The second kappa shape index (κ2) is 6.73. The summed E-state index contributed by atoms with van der Waals surface area (Å²) in [5.74, 6) is 0.869. The monoisotopic (exact) mass is 250 g/mol. The van der Waals surface area contributed by atoms with Gasteiger partial charge >= 0.3 is 0 Å². The number of ether oxygens (including phenoxy) is 2. The van der Waals surface area contributed by atoms with Crippen molar-refractivity contribution in [1.29, 1.82) is 0 Å². The molecule has 18 heavy (non-hydrogen) atoms. The van der Waals surface area contributed by atoms with Crippen molar-refractivity contribution in [2.45, 2.75) is 26.0 Å². The fourth-order valence-corrected chi connectivity index (χ4v) is 2.27. The van der Waals surface area contributed by atoms with E-state index < -0.39 is 0 Å². The summed E-state index contributed by atoms with van der Waals surface area (Å²) in [6, 6.07) is 6.00. The molecule has 0 aliphatic carbocycles. The van der Waals surface area contributed by atoms with Gasteiger partial charge in [-0.1, -0.05) is 6.07 Å². The summed E-state index contributed by atoms with van der Waals surface area (Å²) >= 11 is 0. The number of methoxy groups -OCH3 is 1. The SMILES string of the molecule is COc1ccc(CN)cc1COCN1CCCC1. The number of nitrogens with zero attached hydrogens (tertiary/aromatic N) is 1. The zero-order valence-electron chi connectivity index (χ0n) is 11.0. The van der Waals surface area contributed by atoms with E-state index in [1.807, 2.05) is 12.1 Å². The maximum absolute atomic E-state index is 5.75. The van der Waals surface area contributed by atoms with Gasteiger partial charge in [0, 0.05) is 25.2 Å². The first kappa shape index (κ1) is 13.3. The first-order chi connectivity index (χ1) is 8.83. The lowest BCUT2D eigenvalue weighted by Crippen LogP contribution is -2.22. The van der Waals surface area contributed by atoms with Crippen molar-refractivity contribution in [2.75, 3.05) is 26.9 Å². The minimum atomic E-state index is 0.545. The van der Waals surface area contributed by atoms with Crippen LogP contribution in [0.3, 0.4) is 0 Å². The fraction of sp³-hybridized carbons (Fsp3) is 0.571.